The van der Waals surface area contributed by atoms with Gasteiger partial charge in [-0.15, -0.1) is 0 Å². The lowest BCUT2D eigenvalue weighted by molar-refractivity contribution is -0.0406. The fourth-order valence-electron chi connectivity index (χ4n) is 3.58. The summed E-state index contributed by atoms with van der Waals surface area (Å²) in [5.41, 5.74) is 0. The van der Waals surface area contributed by atoms with Crippen molar-refractivity contribution in [1.29, 1.82) is 0 Å². The van der Waals surface area contributed by atoms with Crippen molar-refractivity contribution in [2.75, 3.05) is 39.9 Å². The smallest absolute Gasteiger partial charge is 0.243 e. The molecule has 0 radical (unpaired) electrons. The van der Waals surface area contributed by atoms with Gasteiger partial charge >= 0.3 is 0 Å². The first-order valence-corrected chi connectivity index (χ1v) is 10.8. The number of nitrogens with zero attached hydrogens (tertiary/aromatic N) is 2. The van der Waals surface area contributed by atoms with Crippen LogP contribution in [0.4, 0.5) is 0 Å². The highest BCUT2D eigenvalue weighted by atomic mass is 79.9. The zero-order chi connectivity index (χ0) is 18.0. The second-order valence-electron chi connectivity index (χ2n) is 6.61. The molecule has 1 atom stereocenters. The maximum atomic E-state index is 12.9. The van der Waals surface area contributed by atoms with E-state index in [9.17, 15) is 8.42 Å². The second kappa shape index (κ2) is 7.92. The molecule has 2 aliphatic heterocycles. The van der Waals surface area contributed by atoms with Crippen molar-refractivity contribution in [3.05, 3.63) is 22.7 Å². The van der Waals surface area contributed by atoms with Crippen LogP contribution in [0.15, 0.2) is 27.6 Å². The number of piperidine rings is 1. The van der Waals surface area contributed by atoms with Gasteiger partial charge in [-0.3, -0.25) is 4.90 Å². The van der Waals surface area contributed by atoms with Gasteiger partial charge in [-0.05, 0) is 53.9 Å². The van der Waals surface area contributed by atoms with Crippen molar-refractivity contribution in [3.8, 4) is 5.75 Å². The summed E-state index contributed by atoms with van der Waals surface area (Å²) in [5.74, 6) is 0.624. The van der Waals surface area contributed by atoms with Crippen LogP contribution in [0.3, 0.4) is 0 Å². The molecule has 2 heterocycles. The molecule has 2 fully saturated rings. The van der Waals surface area contributed by atoms with Crippen molar-refractivity contribution < 1.29 is 17.9 Å². The number of sulfonamides is 1. The van der Waals surface area contributed by atoms with E-state index in [1.807, 2.05) is 0 Å². The molecule has 1 aromatic carbocycles. The molecule has 0 aromatic heterocycles. The van der Waals surface area contributed by atoms with E-state index in [2.05, 4.69) is 27.8 Å². The van der Waals surface area contributed by atoms with E-state index in [1.165, 1.54) is 0 Å². The summed E-state index contributed by atoms with van der Waals surface area (Å²) in [5, 5.41) is 0. The highest BCUT2D eigenvalue weighted by Gasteiger charge is 2.33. The van der Waals surface area contributed by atoms with Crippen LogP contribution >= 0.6 is 15.9 Å². The topological polar surface area (TPSA) is 59.1 Å². The minimum Gasteiger partial charge on any atom is -0.496 e. The molecule has 6 nitrogen and oxygen atoms in total. The number of rotatable bonds is 4. The highest BCUT2D eigenvalue weighted by Crippen LogP contribution is 2.30. The molecule has 0 amide bonds. The number of hydrogen-bond acceptors (Lipinski definition) is 5. The van der Waals surface area contributed by atoms with Gasteiger partial charge in [-0.2, -0.15) is 4.31 Å². The Morgan fingerprint density at radius 2 is 1.96 bits per heavy atom. The lowest BCUT2D eigenvalue weighted by Gasteiger charge is -2.41. The van der Waals surface area contributed by atoms with Gasteiger partial charge in [-0.25, -0.2) is 8.42 Å². The zero-order valence-corrected chi connectivity index (χ0v) is 17.1. The van der Waals surface area contributed by atoms with Gasteiger partial charge in [0, 0.05) is 32.2 Å². The molecule has 2 aliphatic rings. The first-order chi connectivity index (χ1) is 11.9. The molecule has 1 unspecified atom stereocenters. The van der Waals surface area contributed by atoms with Gasteiger partial charge in [0.1, 0.15) is 5.75 Å². The van der Waals surface area contributed by atoms with Gasteiger partial charge in [-0.1, -0.05) is 0 Å². The molecular formula is C17H25BrN2O4S. The van der Waals surface area contributed by atoms with Crippen LogP contribution in [0.5, 0.6) is 5.75 Å². The zero-order valence-electron chi connectivity index (χ0n) is 14.7. The summed E-state index contributed by atoms with van der Waals surface area (Å²) in [6.07, 6.45) is 1.99. The van der Waals surface area contributed by atoms with Crippen LogP contribution in [0.25, 0.3) is 0 Å². The third kappa shape index (κ3) is 4.19. The molecule has 0 bridgehead atoms. The molecule has 0 N–H and O–H groups in total. The Kier molecular flexibility index (Phi) is 6.05. The normalized spacial score (nSPS) is 24.4. The molecule has 3 rings (SSSR count). The Hall–Kier alpha value is -0.670. The van der Waals surface area contributed by atoms with E-state index < -0.39 is 10.0 Å². The number of ether oxygens (including phenoxy) is 2. The molecule has 1 aromatic rings. The average molecular weight is 433 g/mol. The maximum absolute atomic E-state index is 12.9. The molecular weight excluding hydrogens is 408 g/mol. The minimum atomic E-state index is -3.47. The molecule has 2 saturated heterocycles. The standard InChI is InChI=1S/C17H25BrN2O4S/c1-13-12-19(9-10-24-13)14-5-7-20(8-6-14)25(21,22)15-3-4-17(23-2)16(18)11-15/h3-4,11,13-14H,5-10,12H2,1-2H3. The lowest BCUT2D eigenvalue weighted by atomic mass is 10.0. The number of benzene rings is 1. The maximum Gasteiger partial charge on any atom is 0.243 e. The lowest BCUT2D eigenvalue weighted by Crippen LogP contribution is -2.51. The molecule has 0 spiro atoms. The molecule has 0 saturated carbocycles. The van der Waals surface area contributed by atoms with Crippen LogP contribution in [-0.2, 0) is 14.8 Å². The van der Waals surface area contributed by atoms with E-state index in [-0.39, 0.29) is 6.10 Å². The van der Waals surface area contributed by atoms with Gasteiger partial charge in [0.25, 0.3) is 0 Å². The third-order valence-corrected chi connectivity index (χ3v) is 7.49. The van der Waals surface area contributed by atoms with Crippen LogP contribution in [0.1, 0.15) is 19.8 Å². The molecule has 25 heavy (non-hydrogen) atoms. The largest absolute Gasteiger partial charge is 0.496 e. The fourth-order valence-corrected chi connectivity index (χ4v) is 5.77. The average Bonchev–Trinajstić information content (AvgIpc) is 2.61. The molecule has 8 heteroatoms. The Labute approximate surface area is 158 Å². The third-order valence-electron chi connectivity index (χ3n) is 4.97. The van der Waals surface area contributed by atoms with Crippen LogP contribution in [-0.4, -0.2) is 69.7 Å². The van der Waals surface area contributed by atoms with E-state index in [1.54, 1.807) is 29.6 Å². The Bertz CT molecular complexity index is 705. The second-order valence-corrected chi connectivity index (χ2v) is 9.40. The first kappa shape index (κ1) is 19.1. The van der Waals surface area contributed by atoms with E-state index in [4.69, 9.17) is 9.47 Å². The summed E-state index contributed by atoms with van der Waals surface area (Å²) < 4.78 is 38.8. The summed E-state index contributed by atoms with van der Waals surface area (Å²) in [7, 11) is -1.91. The van der Waals surface area contributed by atoms with Gasteiger partial charge in [0.2, 0.25) is 10.0 Å². The SMILES string of the molecule is COc1ccc(S(=O)(=O)N2CCC(N3CCOC(C)C3)CC2)cc1Br. The van der Waals surface area contributed by atoms with E-state index in [0.29, 0.717) is 34.2 Å². The van der Waals surface area contributed by atoms with Gasteiger partial charge < -0.3 is 9.47 Å². The number of halogens is 1. The molecule has 0 aliphatic carbocycles. The van der Waals surface area contributed by atoms with Gasteiger partial charge in [0.05, 0.1) is 29.2 Å². The number of hydrogen-bond donors (Lipinski definition) is 0. The summed E-state index contributed by atoms with van der Waals surface area (Å²) in [4.78, 5) is 2.75. The van der Waals surface area contributed by atoms with Crippen molar-refractivity contribution in [2.45, 2.75) is 36.8 Å². The number of morpholine rings is 1. The van der Waals surface area contributed by atoms with Crippen molar-refractivity contribution in [3.63, 3.8) is 0 Å². The predicted octanol–water partition coefficient (Wildman–Crippen LogP) is 2.33. The van der Waals surface area contributed by atoms with Crippen LogP contribution in [0.2, 0.25) is 0 Å². The van der Waals surface area contributed by atoms with Gasteiger partial charge in [0.15, 0.2) is 0 Å². The highest BCUT2D eigenvalue weighted by molar-refractivity contribution is 9.10. The Morgan fingerprint density at radius 3 is 2.56 bits per heavy atom. The monoisotopic (exact) mass is 432 g/mol. The fraction of sp³-hybridized carbons (Fsp3) is 0.647. The van der Waals surface area contributed by atoms with E-state index >= 15 is 0 Å². The predicted molar refractivity (Wildman–Crippen MR) is 99.5 cm³/mol. The number of methoxy groups -OCH3 is 1. The molecule has 140 valence electrons. The van der Waals surface area contributed by atoms with Crippen LogP contribution < -0.4 is 4.74 Å². The van der Waals surface area contributed by atoms with Crippen molar-refractivity contribution in [2.24, 2.45) is 0 Å². The van der Waals surface area contributed by atoms with Crippen molar-refractivity contribution >= 4 is 26.0 Å². The van der Waals surface area contributed by atoms with E-state index in [0.717, 1.165) is 32.5 Å². The Morgan fingerprint density at radius 1 is 1.24 bits per heavy atom. The summed E-state index contributed by atoms with van der Waals surface area (Å²) >= 11 is 3.36. The Balaban J connectivity index is 1.66. The van der Waals surface area contributed by atoms with Crippen molar-refractivity contribution in [1.82, 2.24) is 9.21 Å². The summed E-state index contributed by atoms with van der Waals surface area (Å²) in [6, 6.07) is 5.35. The quantitative estimate of drug-likeness (QED) is 0.730. The minimum absolute atomic E-state index is 0.257. The first-order valence-electron chi connectivity index (χ1n) is 8.61. The summed E-state index contributed by atoms with van der Waals surface area (Å²) in [6.45, 7) is 5.84. The van der Waals surface area contributed by atoms with Crippen LogP contribution in [0, 0.1) is 0 Å².